The van der Waals surface area contributed by atoms with Gasteiger partial charge in [0.25, 0.3) is 5.91 Å². The monoisotopic (exact) mass is 345 g/mol. The number of hydrogen-bond acceptors (Lipinski definition) is 3. The summed E-state index contributed by atoms with van der Waals surface area (Å²) >= 11 is 0. The van der Waals surface area contributed by atoms with Crippen LogP contribution in [0, 0.1) is 5.82 Å². The van der Waals surface area contributed by atoms with E-state index in [1.54, 1.807) is 23.0 Å². The van der Waals surface area contributed by atoms with Crippen molar-refractivity contribution in [2.75, 3.05) is 6.61 Å². The molecule has 0 radical (unpaired) electrons. The van der Waals surface area contributed by atoms with Crippen molar-refractivity contribution in [3.05, 3.63) is 47.5 Å². The Kier molecular flexibility index (Phi) is 4.90. The van der Waals surface area contributed by atoms with E-state index in [1.165, 1.54) is 12.1 Å². The molecule has 25 heavy (non-hydrogen) atoms. The van der Waals surface area contributed by atoms with Crippen molar-refractivity contribution in [1.82, 2.24) is 15.1 Å². The first kappa shape index (κ1) is 17.6. The van der Waals surface area contributed by atoms with Crippen LogP contribution in [0.25, 0.3) is 5.69 Å². The number of ether oxygens (including phenoxy) is 1. The molecule has 1 aromatic heterocycles. The summed E-state index contributed by atoms with van der Waals surface area (Å²) in [6, 6.07) is 6.18. The fourth-order valence-electron chi connectivity index (χ4n) is 3.33. The number of nitrogens with zero attached hydrogens (tertiary/aromatic N) is 2. The number of aromatic nitrogens is 2. The van der Waals surface area contributed by atoms with Gasteiger partial charge in [-0.1, -0.05) is 6.92 Å². The highest BCUT2D eigenvalue weighted by molar-refractivity contribution is 5.95. The second-order valence-corrected chi connectivity index (χ2v) is 7.02. The van der Waals surface area contributed by atoms with Crippen molar-refractivity contribution >= 4 is 5.91 Å². The average molecular weight is 345 g/mol. The molecule has 2 aromatic rings. The van der Waals surface area contributed by atoms with Gasteiger partial charge in [0.05, 0.1) is 28.7 Å². The van der Waals surface area contributed by atoms with Crippen LogP contribution in [0.2, 0.25) is 0 Å². The lowest BCUT2D eigenvalue weighted by Gasteiger charge is -2.35. The number of halogens is 1. The Balaban J connectivity index is 1.80. The summed E-state index contributed by atoms with van der Waals surface area (Å²) in [4.78, 5) is 12.7. The van der Waals surface area contributed by atoms with E-state index >= 15 is 0 Å². The van der Waals surface area contributed by atoms with E-state index in [0.717, 1.165) is 24.2 Å². The van der Waals surface area contributed by atoms with E-state index in [9.17, 15) is 9.18 Å². The Morgan fingerprint density at radius 2 is 2.12 bits per heavy atom. The van der Waals surface area contributed by atoms with Gasteiger partial charge in [0.1, 0.15) is 5.82 Å². The van der Waals surface area contributed by atoms with Gasteiger partial charge in [0.2, 0.25) is 0 Å². The maximum Gasteiger partial charge on any atom is 0.254 e. The zero-order chi connectivity index (χ0) is 18.0. The SMILES string of the molecule is CCc1c(C(=O)NC2CCOC(C)(C)C2)cnn1-c1ccc(F)cc1. The van der Waals surface area contributed by atoms with Crippen LogP contribution in [0.3, 0.4) is 0 Å². The van der Waals surface area contributed by atoms with Gasteiger partial charge in [-0.05, 0) is 57.4 Å². The van der Waals surface area contributed by atoms with Crippen LogP contribution in [-0.4, -0.2) is 33.9 Å². The van der Waals surface area contributed by atoms with Gasteiger partial charge in [-0.3, -0.25) is 4.79 Å². The third-order valence-corrected chi connectivity index (χ3v) is 4.55. The molecule has 1 aromatic carbocycles. The van der Waals surface area contributed by atoms with E-state index in [0.29, 0.717) is 18.6 Å². The maximum atomic E-state index is 13.1. The van der Waals surface area contributed by atoms with E-state index in [-0.39, 0.29) is 23.4 Å². The molecule has 2 heterocycles. The van der Waals surface area contributed by atoms with Crippen molar-refractivity contribution in [2.45, 2.75) is 51.7 Å². The molecule has 3 rings (SSSR count). The molecule has 1 saturated heterocycles. The molecule has 1 unspecified atom stereocenters. The normalized spacial score (nSPS) is 19.6. The Labute approximate surface area is 147 Å². The molecule has 134 valence electrons. The summed E-state index contributed by atoms with van der Waals surface area (Å²) in [6.07, 6.45) is 3.83. The number of carbonyl (C=O) groups excluding carboxylic acids is 1. The van der Waals surface area contributed by atoms with Gasteiger partial charge in [0, 0.05) is 12.6 Å². The Morgan fingerprint density at radius 3 is 2.76 bits per heavy atom. The van der Waals surface area contributed by atoms with Crippen LogP contribution in [0.5, 0.6) is 0 Å². The van der Waals surface area contributed by atoms with Crippen molar-refractivity contribution in [2.24, 2.45) is 0 Å². The van der Waals surface area contributed by atoms with Crippen LogP contribution in [0.1, 0.15) is 49.7 Å². The number of benzene rings is 1. The van der Waals surface area contributed by atoms with E-state index in [2.05, 4.69) is 10.4 Å². The maximum absolute atomic E-state index is 13.1. The first-order valence-electron chi connectivity index (χ1n) is 8.67. The van der Waals surface area contributed by atoms with Crippen LogP contribution in [0.15, 0.2) is 30.5 Å². The second kappa shape index (κ2) is 6.96. The number of hydrogen-bond donors (Lipinski definition) is 1. The van der Waals surface area contributed by atoms with E-state index in [1.807, 2.05) is 20.8 Å². The second-order valence-electron chi connectivity index (χ2n) is 7.02. The predicted octanol–water partition coefficient (Wildman–Crippen LogP) is 3.26. The third kappa shape index (κ3) is 3.90. The molecule has 0 spiro atoms. The fraction of sp³-hybridized carbons (Fsp3) is 0.474. The molecule has 1 aliphatic rings. The number of rotatable bonds is 4. The molecule has 1 atom stereocenters. The smallest absolute Gasteiger partial charge is 0.254 e. The number of carbonyl (C=O) groups is 1. The fourth-order valence-corrected chi connectivity index (χ4v) is 3.33. The first-order chi connectivity index (χ1) is 11.9. The molecule has 5 nitrogen and oxygen atoms in total. The first-order valence-corrected chi connectivity index (χ1v) is 8.67. The number of nitrogens with one attached hydrogen (secondary N) is 1. The minimum atomic E-state index is -0.297. The summed E-state index contributed by atoms with van der Waals surface area (Å²) in [5, 5.41) is 7.45. The Morgan fingerprint density at radius 1 is 1.40 bits per heavy atom. The molecule has 1 aliphatic heterocycles. The molecule has 6 heteroatoms. The number of amides is 1. The lowest BCUT2D eigenvalue weighted by atomic mass is 9.94. The van der Waals surface area contributed by atoms with Gasteiger partial charge in [0.15, 0.2) is 0 Å². The Hall–Kier alpha value is -2.21. The van der Waals surface area contributed by atoms with Gasteiger partial charge in [-0.25, -0.2) is 9.07 Å². The molecule has 0 bridgehead atoms. The van der Waals surface area contributed by atoms with Crippen LogP contribution >= 0.6 is 0 Å². The average Bonchev–Trinajstić information content (AvgIpc) is 2.98. The highest BCUT2D eigenvalue weighted by Gasteiger charge is 2.30. The highest BCUT2D eigenvalue weighted by atomic mass is 19.1. The van der Waals surface area contributed by atoms with Crippen molar-refractivity contribution in [3.8, 4) is 5.69 Å². The highest BCUT2D eigenvalue weighted by Crippen LogP contribution is 2.24. The third-order valence-electron chi connectivity index (χ3n) is 4.55. The molecule has 1 N–H and O–H groups in total. The molecule has 1 amide bonds. The van der Waals surface area contributed by atoms with Gasteiger partial charge >= 0.3 is 0 Å². The van der Waals surface area contributed by atoms with E-state index < -0.39 is 0 Å². The van der Waals surface area contributed by atoms with Gasteiger partial charge in [-0.15, -0.1) is 0 Å². The molecule has 0 aliphatic carbocycles. The van der Waals surface area contributed by atoms with Crippen LogP contribution in [0.4, 0.5) is 4.39 Å². The standard InChI is InChI=1S/C19H24FN3O2/c1-4-17-16(12-21-23(17)15-7-5-13(20)6-8-15)18(24)22-14-9-10-25-19(2,3)11-14/h5-8,12,14H,4,9-11H2,1-3H3,(H,22,24). The van der Waals surface area contributed by atoms with E-state index in [4.69, 9.17) is 4.74 Å². The minimum absolute atomic E-state index is 0.0927. The molecular formula is C19H24FN3O2. The van der Waals surface area contributed by atoms with Gasteiger partial charge in [-0.2, -0.15) is 5.10 Å². The minimum Gasteiger partial charge on any atom is -0.375 e. The zero-order valence-electron chi connectivity index (χ0n) is 14.9. The zero-order valence-corrected chi connectivity index (χ0v) is 14.9. The summed E-state index contributed by atoms with van der Waals surface area (Å²) in [5.41, 5.74) is 1.90. The molecule has 0 saturated carbocycles. The van der Waals surface area contributed by atoms with Gasteiger partial charge < -0.3 is 10.1 Å². The predicted molar refractivity (Wildman–Crippen MR) is 93.4 cm³/mol. The van der Waals surface area contributed by atoms with Crippen LogP contribution in [-0.2, 0) is 11.2 Å². The molecule has 1 fully saturated rings. The summed E-state index contributed by atoms with van der Waals surface area (Å²) in [6.45, 7) is 6.70. The quantitative estimate of drug-likeness (QED) is 0.925. The lowest BCUT2D eigenvalue weighted by molar-refractivity contribution is -0.0615. The largest absolute Gasteiger partial charge is 0.375 e. The Bertz CT molecular complexity index is 753. The van der Waals surface area contributed by atoms with Crippen molar-refractivity contribution in [1.29, 1.82) is 0 Å². The van der Waals surface area contributed by atoms with Crippen molar-refractivity contribution < 1.29 is 13.9 Å². The topological polar surface area (TPSA) is 56.1 Å². The lowest BCUT2D eigenvalue weighted by Crippen LogP contribution is -2.45. The molecular weight excluding hydrogens is 321 g/mol. The van der Waals surface area contributed by atoms with Crippen LogP contribution < -0.4 is 5.32 Å². The summed E-state index contributed by atoms with van der Waals surface area (Å²) < 4.78 is 20.5. The summed E-state index contributed by atoms with van der Waals surface area (Å²) in [5.74, 6) is -0.415. The summed E-state index contributed by atoms with van der Waals surface area (Å²) in [7, 11) is 0. The van der Waals surface area contributed by atoms with Crippen molar-refractivity contribution in [3.63, 3.8) is 0 Å².